The van der Waals surface area contributed by atoms with E-state index >= 15 is 0 Å². The smallest absolute Gasteiger partial charge is 0.220 e. The van der Waals surface area contributed by atoms with Gasteiger partial charge in [-0.1, -0.05) is 38.7 Å². The number of rotatable bonds is 11. The first-order chi connectivity index (χ1) is 13.7. The van der Waals surface area contributed by atoms with Gasteiger partial charge >= 0.3 is 0 Å². The second-order valence-electron chi connectivity index (χ2n) is 8.12. The van der Waals surface area contributed by atoms with Crippen LogP contribution in [0.5, 0.6) is 11.5 Å². The molecule has 5 heteroatoms. The van der Waals surface area contributed by atoms with Crippen LogP contribution in [0.25, 0.3) is 0 Å². The zero-order valence-corrected chi connectivity index (χ0v) is 17.4. The molecule has 1 unspecified atom stereocenters. The molecule has 0 radical (unpaired) electrons. The van der Waals surface area contributed by atoms with Crippen LogP contribution in [0, 0.1) is 0 Å². The largest absolute Gasteiger partial charge is 0.486 e. The topological polar surface area (TPSA) is 50.8 Å². The SMILES string of the molecule is CCCCCCCC(=O)NC(Cc1ccc2c(c1)OCCO2)CN1CCCC1. The van der Waals surface area contributed by atoms with E-state index in [2.05, 4.69) is 29.3 Å². The Balaban J connectivity index is 1.54. The van der Waals surface area contributed by atoms with Crippen molar-refractivity contribution in [2.75, 3.05) is 32.8 Å². The maximum Gasteiger partial charge on any atom is 0.220 e. The number of likely N-dealkylation sites (tertiary alicyclic amines) is 1. The summed E-state index contributed by atoms with van der Waals surface area (Å²) in [4.78, 5) is 15.0. The van der Waals surface area contributed by atoms with Gasteiger partial charge in [0.15, 0.2) is 11.5 Å². The first-order valence-corrected chi connectivity index (χ1v) is 11.1. The average molecular weight is 389 g/mol. The molecule has 0 aromatic heterocycles. The Labute approximate surface area is 169 Å². The van der Waals surface area contributed by atoms with Crippen molar-refractivity contribution in [3.8, 4) is 11.5 Å². The fourth-order valence-corrected chi connectivity index (χ4v) is 4.13. The van der Waals surface area contributed by atoms with Crippen LogP contribution in [-0.4, -0.2) is 49.7 Å². The molecule has 1 fully saturated rings. The van der Waals surface area contributed by atoms with E-state index in [0.29, 0.717) is 19.6 Å². The van der Waals surface area contributed by atoms with Crippen molar-refractivity contribution >= 4 is 5.91 Å². The number of hydrogen-bond acceptors (Lipinski definition) is 4. The highest BCUT2D eigenvalue weighted by atomic mass is 16.6. The predicted molar refractivity (Wildman–Crippen MR) is 112 cm³/mol. The van der Waals surface area contributed by atoms with Gasteiger partial charge in [0.05, 0.1) is 0 Å². The molecule has 1 N–H and O–H groups in total. The minimum atomic E-state index is 0.142. The van der Waals surface area contributed by atoms with Gasteiger partial charge in [0.2, 0.25) is 5.91 Å². The Bertz CT molecular complexity index is 614. The first-order valence-electron chi connectivity index (χ1n) is 11.1. The second kappa shape index (κ2) is 11.3. The number of nitrogens with one attached hydrogen (secondary N) is 1. The minimum Gasteiger partial charge on any atom is -0.486 e. The molecule has 3 rings (SSSR count). The van der Waals surface area contributed by atoms with Crippen molar-refractivity contribution in [1.82, 2.24) is 10.2 Å². The molecule has 0 spiro atoms. The van der Waals surface area contributed by atoms with Crippen LogP contribution in [0.15, 0.2) is 18.2 Å². The number of nitrogens with zero attached hydrogens (tertiary/aromatic N) is 1. The van der Waals surface area contributed by atoms with E-state index in [9.17, 15) is 4.79 Å². The number of carbonyl (C=O) groups excluding carboxylic acids is 1. The van der Waals surface area contributed by atoms with E-state index in [1.807, 2.05) is 6.07 Å². The molecule has 1 aromatic rings. The van der Waals surface area contributed by atoms with Gasteiger partial charge in [0.1, 0.15) is 13.2 Å². The van der Waals surface area contributed by atoms with Crippen molar-refractivity contribution in [3.63, 3.8) is 0 Å². The second-order valence-corrected chi connectivity index (χ2v) is 8.12. The lowest BCUT2D eigenvalue weighted by molar-refractivity contribution is -0.122. The quantitative estimate of drug-likeness (QED) is 0.584. The van der Waals surface area contributed by atoms with Crippen LogP contribution in [0.3, 0.4) is 0 Å². The number of ether oxygens (including phenoxy) is 2. The molecule has 0 aliphatic carbocycles. The van der Waals surface area contributed by atoms with Gasteiger partial charge in [0, 0.05) is 19.0 Å². The highest BCUT2D eigenvalue weighted by Crippen LogP contribution is 2.31. The number of carbonyl (C=O) groups is 1. The summed E-state index contributed by atoms with van der Waals surface area (Å²) in [5, 5.41) is 3.31. The van der Waals surface area contributed by atoms with Gasteiger partial charge in [-0.05, 0) is 56.5 Å². The third kappa shape index (κ3) is 6.69. The van der Waals surface area contributed by atoms with Gasteiger partial charge in [-0.25, -0.2) is 0 Å². The zero-order valence-electron chi connectivity index (χ0n) is 17.4. The lowest BCUT2D eigenvalue weighted by Gasteiger charge is -2.25. The van der Waals surface area contributed by atoms with Crippen LogP contribution in [0.2, 0.25) is 0 Å². The van der Waals surface area contributed by atoms with E-state index in [4.69, 9.17) is 9.47 Å². The van der Waals surface area contributed by atoms with Crippen molar-refractivity contribution < 1.29 is 14.3 Å². The molecule has 5 nitrogen and oxygen atoms in total. The summed E-state index contributed by atoms with van der Waals surface area (Å²) in [6.07, 6.45) is 9.88. The standard InChI is InChI=1S/C23H36N2O3/c1-2-3-4-5-6-9-23(26)24-20(18-25-12-7-8-13-25)16-19-10-11-21-22(17-19)28-15-14-27-21/h10-11,17,20H,2-9,12-16,18H2,1H3,(H,24,26). The Kier molecular flexibility index (Phi) is 8.46. The van der Waals surface area contributed by atoms with Crippen LogP contribution in [-0.2, 0) is 11.2 Å². The van der Waals surface area contributed by atoms with E-state index in [1.54, 1.807) is 0 Å². The summed E-state index contributed by atoms with van der Waals surface area (Å²) in [6, 6.07) is 6.31. The zero-order chi connectivity index (χ0) is 19.6. The Hall–Kier alpha value is -1.75. The summed E-state index contributed by atoms with van der Waals surface area (Å²) in [7, 11) is 0. The van der Waals surface area contributed by atoms with Crippen LogP contribution < -0.4 is 14.8 Å². The van der Waals surface area contributed by atoms with Crippen molar-refractivity contribution in [2.45, 2.75) is 70.8 Å². The molecule has 1 atom stereocenters. The number of unbranched alkanes of at least 4 members (excludes halogenated alkanes) is 4. The van der Waals surface area contributed by atoms with E-state index in [1.165, 1.54) is 37.7 Å². The van der Waals surface area contributed by atoms with Crippen LogP contribution >= 0.6 is 0 Å². The van der Waals surface area contributed by atoms with Gasteiger partial charge in [-0.2, -0.15) is 0 Å². The fourth-order valence-electron chi connectivity index (χ4n) is 4.13. The van der Waals surface area contributed by atoms with Gasteiger partial charge in [-0.3, -0.25) is 4.79 Å². The summed E-state index contributed by atoms with van der Waals surface area (Å²) in [5.74, 6) is 1.84. The Morgan fingerprint density at radius 3 is 2.61 bits per heavy atom. The summed E-state index contributed by atoms with van der Waals surface area (Å²) in [6.45, 7) is 6.64. The van der Waals surface area contributed by atoms with E-state index in [0.717, 1.165) is 50.4 Å². The number of benzene rings is 1. The first kappa shape index (κ1) is 21.0. The van der Waals surface area contributed by atoms with Gasteiger partial charge in [0.25, 0.3) is 0 Å². The minimum absolute atomic E-state index is 0.142. The highest BCUT2D eigenvalue weighted by Gasteiger charge is 2.21. The molecule has 0 saturated carbocycles. The normalized spacial score (nSPS) is 17.5. The van der Waals surface area contributed by atoms with Crippen molar-refractivity contribution in [2.24, 2.45) is 0 Å². The molecular formula is C23H36N2O3. The molecule has 2 heterocycles. The average Bonchev–Trinajstić information content (AvgIpc) is 3.20. The summed E-state index contributed by atoms with van der Waals surface area (Å²) >= 11 is 0. The highest BCUT2D eigenvalue weighted by molar-refractivity contribution is 5.76. The van der Waals surface area contributed by atoms with Gasteiger partial charge in [-0.15, -0.1) is 0 Å². The molecule has 0 bridgehead atoms. The van der Waals surface area contributed by atoms with Crippen LogP contribution in [0.1, 0.15) is 63.9 Å². The number of fused-ring (bicyclic) bond motifs is 1. The molecule has 2 aliphatic rings. The molecule has 1 amide bonds. The van der Waals surface area contributed by atoms with Crippen LogP contribution in [0.4, 0.5) is 0 Å². The third-order valence-corrected chi connectivity index (χ3v) is 5.64. The maximum atomic E-state index is 12.5. The Morgan fingerprint density at radius 1 is 1.07 bits per heavy atom. The Morgan fingerprint density at radius 2 is 1.82 bits per heavy atom. The monoisotopic (exact) mass is 388 g/mol. The predicted octanol–water partition coefficient (Wildman–Crippen LogP) is 3.94. The molecule has 2 aliphatic heterocycles. The number of hydrogen-bond donors (Lipinski definition) is 1. The maximum absolute atomic E-state index is 12.5. The fraction of sp³-hybridized carbons (Fsp3) is 0.696. The third-order valence-electron chi connectivity index (χ3n) is 5.64. The van der Waals surface area contributed by atoms with E-state index < -0.39 is 0 Å². The summed E-state index contributed by atoms with van der Waals surface area (Å²) in [5.41, 5.74) is 1.19. The van der Waals surface area contributed by atoms with Gasteiger partial charge < -0.3 is 19.7 Å². The number of amides is 1. The molecule has 1 saturated heterocycles. The lowest BCUT2D eigenvalue weighted by Crippen LogP contribution is -2.44. The van der Waals surface area contributed by atoms with E-state index in [-0.39, 0.29) is 11.9 Å². The molecule has 156 valence electrons. The summed E-state index contributed by atoms with van der Waals surface area (Å²) < 4.78 is 11.3. The van der Waals surface area contributed by atoms with Crippen molar-refractivity contribution in [1.29, 1.82) is 0 Å². The lowest BCUT2D eigenvalue weighted by atomic mass is 10.0. The molecular weight excluding hydrogens is 352 g/mol. The molecule has 1 aromatic carbocycles. The van der Waals surface area contributed by atoms with Crippen molar-refractivity contribution in [3.05, 3.63) is 23.8 Å². The molecule has 28 heavy (non-hydrogen) atoms.